The molecule has 3 heterocycles. The maximum absolute atomic E-state index is 7.14. The van der Waals surface area contributed by atoms with Crippen LogP contribution >= 0.6 is 0 Å². The van der Waals surface area contributed by atoms with Gasteiger partial charge in [-0.25, -0.2) is 4.98 Å². The molecule has 1 aliphatic heterocycles. The zero-order valence-electron chi connectivity index (χ0n) is 47.5. The van der Waals surface area contributed by atoms with Crippen molar-refractivity contribution >= 4 is 44.6 Å². The van der Waals surface area contributed by atoms with Gasteiger partial charge in [0.05, 0.1) is 0 Å². The minimum Gasteiger partial charge on any atom is -0.509 e. The van der Waals surface area contributed by atoms with Crippen LogP contribution in [0.15, 0.2) is 188 Å². The van der Waals surface area contributed by atoms with Crippen LogP contribution < -0.4 is 14.5 Å². The van der Waals surface area contributed by atoms with Crippen molar-refractivity contribution in [2.75, 3.05) is 9.80 Å². The van der Waals surface area contributed by atoms with Gasteiger partial charge < -0.3 is 19.1 Å². The molecule has 78 heavy (non-hydrogen) atoms. The van der Waals surface area contributed by atoms with Crippen LogP contribution in [0.5, 0.6) is 11.5 Å². The first-order valence-electron chi connectivity index (χ1n) is 27.2. The van der Waals surface area contributed by atoms with Crippen molar-refractivity contribution in [2.24, 2.45) is 0 Å². The molecule has 0 unspecified atom stereocenters. The second kappa shape index (κ2) is 20.2. The third-order valence-electron chi connectivity index (χ3n) is 16.0. The van der Waals surface area contributed by atoms with Gasteiger partial charge in [-0.2, -0.15) is 6.07 Å². The van der Waals surface area contributed by atoms with E-state index in [2.05, 4.69) is 305 Å². The number of hydrogen-bond acceptors (Lipinski definition) is 4. The van der Waals surface area contributed by atoms with Gasteiger partial charge in [0, 0.05) is 66.8 Å². The van der Waals surface area contributed by atoms with E-state index in [1.807, 2.05) is 6.20 Å². The SMILES string of the molecule is CC(C)(C)c1cc(-c2ccccc2)cc(N2[CH-]N(c3[c-]c(Oc4[c-]c5c(cc4)c4cc(C(C)(C)c6ccccc6)ccc4n5-c4cc(C(C)(C)C)ccn4)cc(C(C)(C)c4ccccc4)c3)c3ccc(C(C)(C)C)cc32)c1.[Pt]. The number of ether oxygens (including phenoxy) is 1. The molecule has 0 N–H and O–H groups in total. The first-order valence-corrected chi connectivity index (χ1v) is 27.2. The smallest absolute Gasteiger partial charge is 0.135 e. The van der Waals surface area contributed by atoms with Crippen LogP contribution in [0, 0.1) is 18.8 Å². The summed E-state index contributed by atoms with van der Waals surface area (Å²) in [5.41, 5.74) is 16.1. The molecule has 11 rings (SSSR count). The Labute approximate surface area is 478 Å². The molecule has 0 saturated heterocycles. The van der Waals surface area contributed by atoms with Crippen LogP contribution in [-0.4, -0.2) is 9.55 Å². The Morgan fingerprint density at radius 3 is 1.67 bits per heavy atom. The molecule has 0 bridgehead atoms. The maximum Gasteiger partial charge on any atom is 0.135 e. The van der Waals surface area contributed by atoms with E-state index in [1.165, 1.54) is 44.5 Å². The van der Waals surface area contributed by atoms with E-state index < -0.39 is 5.41 Å². The Balaban J connectivity index is 0.00000688. The number of pyridine rings is 1. The molecular formula is C72H71N4OPt-3. The normalized spacial score (nSPS) is 13.2. The van der Waals surface area contributed by atoms with Gasteiger partial charge in [0.15, 0.2) is 0 Å². The predicted octanol–water partition coefficient (Wildman–Crippen LogP) is 19.2. The Bertz CT molecular complexity index is 3820. The van der Waals surface area contributed by atoms with E-state index in [0.29, 0.717) is 11.5 Å². The van der Waals surface area contributed by atoms with E-state index in [1.54, 1.807) is 0 Å². The molecule has 398 valence electrons. The van der Waals surface area contributed by atoms with Gasteiger partial charge in [0.2, 0.25) is 0 Å². The van der Waals surface area contributed by atoms with Crippen molar-refractivity contribution in [3.63, 3.8) is 0 Å². The third kappa shape index (κ3) is 10.2. The van der Waals surface area contributed by atoms with Crippen molar-refractivity contribution in [1.82, 2.24) is 9.55 Å². The maximum atomic E-state index is 7.14. The Hall–Kier alpha value is -7.20. The van der Waals surface area contributed by atoms with E-state index >= 15 is 0 Å². The van der Waals surface area contributed by atoms with Crippen molar-refractivity contribution in [2.45, 2.75) is 117 Å². The van der Waals surface area contributed by atoms with E-state index in [0.717, 1.165) is 55.9 Å². The van der Waals surface area contributed by atoms with Crippen molar-refractivity contribution in [3.05, 3.63) is 246 Å². The first-order chi connectivity index (χ1) is 36.5. The average Bonchev–Trinajstić information content (AvgIpc) is 4.07. The van der Waals surface area contributed by atoms with E-state index in [4.69, 9.17) is 9.72 Å². The molecule has 10 aromatic rings. The minimum absolute atomic E-state index is 0. The van der Waals surface area contributed by atoms with Gasteiger partial charge in [-0.1, -0.05) is 211 Å². The van der Waals surface area contributed by atoms with Crippen LogP contribution in [0.25, 0.3) is 38.8 Å². The van der Waals surface area contributed by atoms with Crippen molar-refractivity contribution in [3.8, 4) is 28.4 Å². The topological polar surface area (TPSA) is 33.5 Å². The zero-order chi connectivity index (χ0) is 54.2. The fourth-order valence-electron chi connectivity index (χ4n) is 10.9. The molecule has 5 nitrogen and oxygen atoms in total. The molecule has 8 aromatic carbocycles. The van der Waals surface area contributed by atoms with E-state index in [-0.39, 0.29) is 42.7 Å². The summed E-state index contributed by atoms with van der Waals surface area (Å²) in [6.07, 6.45) is 1.93. The molecular weight excluding hydrogens is 1130 g/mol. The number of benzene rings is 8. The fraction of sp³-hybridized carbons (Fsp3) is 0.250. The van der Waals surface area contributed by atoms with Crippen LogP contribution in [0.2, 0.25) is 0 Å². The Morgan fingerprint density at radius 1 is 0.423 bits per heavy atom. The number of aromatic nitrogens is 2. The molecule has 0 spiro atoms. The molecule has 6 heteroatoms. The van der Waals surface area contributed by atoms with Gasteiger partial charge in [-0.05, 0) is 114 Å². The molecule has 2 aromatic heterocycles. The summed E-state index contributed by atoms with van der Waals surface area (Å²) in [7, 11) is 0. The van der Waals surface area contributed by atoms with Gasteiger partial charge in [-0.3, -0.25) is 0 Å². The summed E-state index contributed by atoms with van der Waals surface area (Å²) < 4.78 is 9.40. The number of anilines is 4. The van der Waals surface area contributed by atoms with Crippen molar-refractivity contribution < 1.29 is 25.8 Å². The van der Waals surface area contributed by atoms with E-state index in [9.17, 15) is 0 Å². The minimum atomic E-state index is -0.401. The van der Waals surface area contributed by atoms with Crippen molar-refractivity contribution in [1.29, 1.82) is 0 Å². The summed E-state index contributed by atoms with van der Waals surface area (Å²) in [5, 5.41) is 2.22. The van der Waals surface area contributed by atoms with Gasteiger partial charge in [0.1, 0.15) is 5.82 Å². The second-order valence-electron chi connectivity index (χ2n) is 25.2. The quantitative estimate of drug-likeness (QED) is 0.128. The summed E-state index contributed by atoms with van der Waals surface area (Å²) in [6.45, 7) is 31.9. The molecule has 0 atom stereocenters. The first kappa shape index (κ1) is 54.2. The van der Waals surface area contributed by atoms with Gasteiger partial charge in [0.25, 0.3) is 0 Å². The summed E-state index contributed by atoms with van der Waals surface area (Å²) >= 11 is 0. The molecule has 0 radical (unpaired) electrons. The fourth-order valence-corrected chi connectivity index (χ4v) is 10.9. The number of rotatable bonds is 10. The Kier molecular flexibility index (Phi) is 14.0. The molecule has 1 aliphatic rings. The largest absolute Gasteiger partial charge is 0.509 e. The molecule has 0 aliphatic carbocycles. The molecule has 0 fully saturated rings. The standard InChI is InChI=1S/C72H71N4O.Pt/c1-68(2,3)52-29-34-64-66(43-52)75(57-38-49(48-23-17-14-18-24-48)37-55(39-57)70(7,8)9)47-74(64)58-40-56(72(12,13)51-27-21-16-22-28-51)41-60(45-58)77-59-31-32-61-62-42-54(71(10,11)50-25-19-15-20-26-50)30-33-63(62)76(65(61)46-59)67-44-53(35-36-73-67)69(4,5)6;/h14-44,47H,1-13H3;/q-3;. The predicted molar refractivity (Wildman–Crippen MR) is 323 cm³/mol. The molecule has 0 saturated carbocycles. The van der Waals surface area contributed by atoms with Crippen LogP contribution in [0.1, 0.15) is 129 Å². The summed E-state index contributed by atoms with van der Waals surface area (Å²) in [6, 6.07) is 73.8. The van der Waals surface area contributed by atoms with Gasteiger partial charge in [-0.15, -0.1) is 53.6 Å². The average molecular weight is 1200 g/mol. The summed E-state index contributed by atoms with van der Waals surface area (Å²) in [4.78, 5) is 9.69. The monoisotopic (exact) mass is 1200 g/mol. The number of nitrogens with zero attached hydrogens (tertiary/aromatic N) is 4. The second-order valence-corrected chi connectivity index (χ2v) is 25.2. The van der Waals surface area contributed by atoms with Gasteiger partial charge >= 0.3 is 0 Å². The van der Waals surface area contributed by atoms with Crippen LogP contribution in [-0.2, 0) is 48.1 Å². The zero-order valence-corrected chi connectivity index (χ0v) is 49.8. The van der Waals surface area contributed by atoms with Crippen LogP contribution in [0.4, 0.5) is 22.7 Å². The Morgan fingerprint density at radius 2 is 1.03 bits per heavy atom. The molecule has 0 amide bonds. The third-order valence-corrected chi connectivity index (χ3v) is 16.0. The summed E-state index contributed by atoms with van der Waals surface area (Å²) in [5.74, 6) is 2.03. The number of fused-ring (bicyclic) bond motifs is 4. The number of hydrogen-bond donors (Lipinski definition) is 0. The van der Waals surface area contributed by atoms with Crippen LogP contribution in [0.3, 0.4) is 0 Å².